The van der Waals surface area contributed by atoms with Crippen LogP contribution in [0, 0.1) is 11.8 Å². The van der Waals surface area contributed by atoms with E-state index in [0.29, 0.717) is 37.2 Å². The second kappa shape index (κ2) is 11.4. The van der Waals surface area contributed by atoms with Gasteiger partial charge in [0, 0.05) is 11.5 Å². The van der Waals surface area contributed by atoms with Crippen LogP contribution in [0.1, 0.15) is 37.8 Å². The molecule has 1 aliphatic carbocycles. The Hall–Kier alpha value is -2.30. The highest BCUT2D eigenvalue weighted by Crippen LogP contribution is 2.38. The van der Waals surface area contributed by atoms with Crippen molar-refractivity contribution in [3.8, 4) is 11.5 Å². The van der Waals surface area contributed by atoms with E-state index in [-0.39, 0.29) is 17.7 Å². The van der Waals surface area contributed by atoms with E-state index in [9.17, 15) is 24.7 Å². The molecular formula is C21H33BN2O7. The van der Waals surface area contributed by atoms with Crippen molar-refractivity contribution in [2.24, 2.45) is 11.8 Å². The summed E-state index contributed by atoms with van der Waals surface area (Å²) in [4.78, 5) is 25.3. The summed E-state index contributed by atoms with van der Waals surface area (Å²) in [6, 6.07) is 2.54. The van der Waals surface area contributed by atoms with Crippen molar-refractivity contribution in [2.75, 3.05) is 20.8 Å². The summed E-state index contributed by atoms with van der Waals surface area (Å²) in [7, 11) is 1.42. The highest BCUT2D eigenvalue weighted by molar-refractivity contribution is 6.43. The van der Waals surface area contributed by atoms with E-state index in [0.717, 1.165) is 11.1 Å². The first kappa shape index (κ1) is 25.0. The first-order chi connectivity index (χ1) is 14.7. The van der Waals surface area contributed by atoms with E-state index < -0.39 is 31.6 Å². The van der Waals surface area contributed by atoms with Crippen molar-refractivity contribution in [1.82, 2.24) is 10.6 Å². The normalized spacial score (nSPS) is 17.4. The van der Waals surface area contributed by atoms with E-state index in [1.165, 1.54) is 0 Å². The Labute approximate surface area is 183 Å². The summed E-state index contributed by atoms with van der Waals surface area (Å²) in [5, 5.41) is 33.7. The maximum absolute atomic E-state index is 12.8. The average Bonchev–Trinajstić information content (AvgIpc) is 2.74. The van der Waals surface area contributed by atoms with Gasteiger partial charge in [-0.05, 0) is 43.2 Å². The molecule has 0 spiro atoms. The smallest absolute Gasteiger partial charge is 0.475 e. The number of hydrogen-bond acceptors (Lipinski definition) is 7. The predicted molar refractivity (Wildman–Crippen MR) is 116 cm³/mol. The van der Waals surface area contributed by atoms with Crippen molar-refractivity contribution < 1.29 is 34.2 Å². The molecule has 3 atom stereocenters. The molecule has 1 aromatic carbocycles. The number of methoxy groups -OCH3 is 2. The van der Waals surface area contributed by atoms with E-state index in [1.807, 2.05) is 19.9 Å². The number of aliphatic hydroxyl groups is 1. The van der Waals surface area contributed by atoms with Crippen LogP contribution in [0.3, 0.4) is 0 Å². The van der Waals surface area contributed by atoms with Crippen molar-refractivity contribution in [3.63, 3.8) is 0 Å². The van der Waals surface area contributed by atoms with Crippen molar-refractivity contribution in [3.05, 3.63) is 23.3 Å². The zero-order valence-corrected chi connectivity index (χ0v) is 18.6. The van der Waals surface area contributed by atoms with Crippen LogP contribution in [0.4, 0.5) is 0 Å². The lowest BCUT2D eigenvalue weighted by Crippen LogP contribution is -2.56. The number of amides is 2. The molecule has 0 fully saturated rings. The van der Waals surface area contributed by atoms with E-state index >= 15 is 0 Å². The van der Waals surface area contributed by atoms with E-state index in [1.54, 1.807) is 20.3 Å². The molecule has 2 amide bonds. The van der Waals surface area contributed by atoms with Gasteiger partial charge in [-0.15, -0.1) is 0 Å². The Morgan fingerprint density at radius 3 is 2.45 bits per heavy atom. The van der Waals surface area contributed by atoms with E-state index in [2.05, 4.69) is 10.6 Å². The fourth-order valence-corrected chi connectivity index (χ4v) is 3.94. The Kier molecular flexibility index (Phi) is 9.15. The van der Waals surface area contributed by atoms with Gasteiger partial charge in [0.25, 0.3) is 0 Å². The Balaban J connectivity index is 2.04. The lowest BCUT2D eigenvalue weighted by atomic mass is 9.75. The maximum Gasteiger partial charge on any atom is 0.475 e. The van der Waals surface area contributed by atoms with Gasteiger partial charge in [-0.2, -0.15) is 0 Å². The third-order valence-electron chi connectivity index (χ3n) is 5.55. The minimum atomic E-state index is -1.73. The van der Waals surface area contributed by atoms with Gasteiger partial charge in [-0.1, -0.05) is 19.9 Å². The van der Waals surface area contributed by atoms with Crippen LogP contribution in [0.15, 0.2) is 12.1 Å². The molecule has 9 nitrogen and oxygen atoms in total. The second-order valence-corrected chi connectivity index (χ2v) is 8.28. The van der Waals surface area contributed by atoms with Gasteiger partial charge in [0.2, 0.25) is 11.8 Å². The molecule has 0 saturated heterocycles. The number of nitrogens with one attached hydrogen (secondary N) is 2. The fraction of sp³-hybridized carbons (Fsp3) is 0.619. The molecule has 0 radical (unpaired) electrons. The standard InChI is InChI=1S/C21H33BN2O7/c1-12(2)9-18(22(28)29)24-21(27)16(11-25)23-20(26)14-5-7-15-13(10-14)6-8-17(30-3)19(15)31-4/h6,8,12,14,16,18,25,28-29H,5,7,9-11H2,1-4H3,(H,23,26)(H,24,27)/t14?,16-,18-/m0/s1. The third-order valence-corrected chi connectivity index (χ3v) is 5.55. The molecule has 1 aromatic rings. The Morgan fingerprint density at radius 1 is 1.19 bits per heavy atom. The number of hydrogen-bond donors (Lipinski definition) is 5. The molecule has 0 bridgehead atoms. The summed E-state index contributed by atoms with van der Waals surface area (Å²) >= 11 is 0. The highest BCUT2D eigenvalue weighted by Gasteiger charge is 2.32. The van der Waals surface area contributed by atoms with Gasteiger partial charge in [0.05, 0.1) is 26.8 Å². The summed E-state index contributed by atoms with van der Waals surface area (Å²) < 4.78 is 10.8. The van der Waals surface area contributed by atoms with E-state index in [4.69, 9.17) is 9.47 Å². The molecule has 1 unspecified atom stereocenters. The van der Waals surface area contributed by atoms with Crippen molar-refractivity contribution in [2.45, 2.75) is 51.5 Å². The van der Waals surface area contributed by atoms with Gasteiger partial charge in [0.1, 0.15) is 6.04 Å². The minimum Gasteiger partial charge on any atom is -0.493 e. The zero-order chi connectivity index (χ0) is 23.1. The van der Waals surface area contributed by atoms with Crippen molar-refractivity contribution in [1.29, 1.82) is 0 Å². The number of benzene rings is 1. The van der Waals surface area contributed by atoms with Gasteiger partial charge < -0.3 is 35.3 Å². The van der Waals surface area contributed by atoms with Gasteiger partial charge >= 0.3 is 7.12 Å². The molecule has 0 aromatic heterocycles. The monoisotopic (exact) mass is 436 g/mol. The molecule has 31 heavy (non-hydrogen) atoms. The van der Waals surface area contributed by atoms with Crippen LogP contribution < -0.4 is 20.1 Å². The fourth-order valence-electron chi connectivity index (χ4n) is 3.94. The molecular weight excluding hydrogens is 403 g/mol. The summed E-state index contributed by atoms with van der Waals surface area (Å²) in [5.41, 5.74) is 1.99. The molecule has 0 saturated carbocycles. The highest BCUT2D eigenvalue weighted by atomic mass is 16.5. The number of carbonyl (C=O) groups excluding carboxylic acids is 2. The maximum atomic E-state index is 12.8. The molecule has 2 rings (SSSR count). The minimum absolute atomic E-state index is 0.118. The van der Waals surface area contributed by atoms with Gasteiger partial charge in [0.15, 0.2) is 11.5 Å². The quantitative estimate of drug-likeness (QED) is 0.321. The largest absolute Gasteiger partial charge is 0.493 e. The first-order valence-electron chi connectivity index (χ1n) is 10.5. The summed E-state index contributed by atoms with van der Waals surface area (Å²) in [6.45, 7) is 3.18. The van der Waals surface area contributed by atoms with Gasteiger partial charge in [-0.25, -0.2) is 0 Å². The van der Waals surface area contributed by atoms with Crippen LogP contribution in [-0.2, 0) is 22.4 Å². The third kappa shape index (κ3) is 6.35. The lowest BCUT2D eigenvalue weighted by molar-refractivity contribution is -0.132. The van der Waals surface area contributed by atoms with Crippen LogP contribution in [-0.4, -0.2) is 66.9 Å². The number of ether oxygens (including phenoxy) is 2. The first-order valence-corrected chi connectivity index (χ1v) is 10.5. The Morgan fingerprint density at radius 2 is 1.90 bits per heavy atom. The molecule has 0 aliphatic heterocycles. The lowest BCUT2D eigenvalue weighted by Gasteiger charge is -2.28. The topological polar surface area (TPSA) is 137 Å². The molecule has 1 aliphatic rings. The van der Waals surface area contributed by atoms with Gasteiger partial charge in [-0.3, -0.25) is 9.59 Å². The number of aliphatic hydroxyl groups excluding tert-OH is 1. The summed E-state index contributed by atoms with van der Waals surface area (Å²) in [6.07, 6.45) is 2.01. The molecule has 0 heterocycles. The average molecular weight is 436 g/mol. The number of fused-ring (bicyclic) bond motifs is 1. The summed E-state index contributed by atoms with van der Waals surface area (Å²) in [5.74, 6) is -0.804. The predicted octanol–water partition coefficient (Wildman–Crippen LogP) is -0.171. The van der Waals surface area contributed by atoms with Crippen LogP contribution in [0.25, 0.3) is 0 Å². The SMILES string of the molecule is COc1ccc2c(c1OC)CCC(C(=O)N[C@@H](CO)C(=O)N[C@@H](CC(C)C)B(O)O)C2. The van der Waals surface area contributed by atoms with Crippen LogP contribution in [0.2, 0.25) is 0 Å². The molecule has 172 valence electrons. The Bertz CT molecular complexity index is 772. The number of carbonyl (C=O) groups is 2. The molecule has 5 N–H and O–H groups in total. The number of rotatable bonds is 10. The van der Waals surface area contributed by atoms with Crippen LogP contribution in [0.5, 0.6) is 11.5 Å². The zero-order valence-electron chi connectivity index (χ0n) is 18.6. The molecule has 10 heteroatoms. The second-order valence-electron chi connectivity index (χ2n) is 8.28. The van der Waals surface area contributed by atoms with Crippen LogP contribution >= 0.6 is 0 Å². The van der Waals surface area contributed by atoms with Crippen molar-refractivity contribution >= 4 is 18.9 Å².